The van der Waals surface area contributed by atoms with Crippen molar-refractivity contribution in [1.82, 2.24) is 15.1 Å². The van der Waals surface area contributed by atoms with Crippen molar-refractivity contribution in [1.29, 1.82) is 0 Å². The molecule has 1 fully saturated rings. The maximum Gasteiger partial charge on any atom is 0.407 e. The molecule has 0 unspecified atom stereocenters. The van der Waals surface area contributed by atoms with Crippen molar-refractivity contribution in [2.24, 2.45) is 0 Å². The maximum absolute atomic E-state index is 11.7. The van der Waals surface area contributed by atoms with Crippen LogP contribution in [0.4, 0.5) is 4.79 Å². The molecule has 6 nitrogen and oxygen atoms in total. The van der Waals surface area contributed by atoms with Gasteiger partial charge in [0.15, 0.2) is 0 Å². The fourth-order valence-electron chi connectivity index (χ4n) is 1.50. The highest BCUT2D eigenvalue weighted by molar-refractivity contribution is 5.82. The lowest BCUT2D eigenvalue weighted by Gasteiger charge is -2.32. The van der Waals surface area contributed by atoms with Crippen molar-refractivity contribution >= 4 is 12.0 Å². The number of likely N-dealkylation sites (N-methyl/N-ethyl adjacent to an activating group) is 1. The number of hydrogen-bond acceptors (Lipinski definition) is 4. The smallest absolute Gasteiger partial charge is 0.407 e. The highest BCUT2D eigenvalue weighted by Crippen LogP contribution is 1.98. The minimum Gasteiger partial charge on any atom is -0.450 e. The van der Waals surface area contributed by atoms with Crippen molar-refractivity contribution in [2.45, 2.75) is 6.92 Å². The molecule has 0 aromatic rings. The van der Waals surface area contributed by atoms with Gasteiger partial charge in [-0.1, -0.05) is 0 Å². The largest absolute Gasteiger partial charge is 0.450 e. The monoisotopic (exact) mass is 229 g/mol. The molecule has 1 saturated heterocycles. The van der Waals surface area contributed by atoms with Gasteiger partial charge in [0.1, 0.15) is 6.54 Å². The summed E-state index contributed by atoms with van der Waals surface area (Å²) in [5.41, 5.74) is 0. The highest BCUT2D eigenvalue weighted by Gasteiger charge is 2.19. The molecule has 0 aromatic carbocycles. The zero-order valence-electron chi connectivity index (χ0n) is 9.86. The van der Waals surface area contributed by atoms with Crippen LogP contribution >= 0.6 is 0 Å². The summed E-state index contributed by atoms with van der Waals surface area (Å²) in [5.74, 6) is -0.0545. The summed E-state index contributed by atoms with van der Waals surface area (Å²) < 4.78 is 4.67. The topological polar surface area (TPSA) is 61.9 Å². The molecule has 1 rings (SSSR count). The van der Waals surface area contributed by atoms with E-state index in [4.69, 9.17) is 0 Å². The lowest BCUT2D eigenvalue weighted by Crippen LogP contribution is -2.50. The molecule has 0 radical (unpaired) electrons. The van der Waals surface area contributed by atoms with Crippen molar-refractivity contribution in [2.75, 3.05) is 46.4 Å². The van der Waals surface area contributed by atoms with Crippen LogP contribution in [0.3, 0.4) is 0 Å². The molecule has 92 valence electrons. The minimum absolute atomic E-state index is 0.0164. The van der Waals surface area contributed by atoms with E-state index in [1.807, 2.05) is 7.05 Å². The molecular weight excluding hydrogens is 210 g/mol. The van der Waals surface area contributed by atoms with E-state index >= 15 is 0 Å². The molecule has 0 aliphatic carbocycles. The third kappa shape index (κ3) is 4.06. The van der Waals surface area contributed by atoms with Crippen LogP contribution < -0.4 is 5.32 Å². The van der Waals surface area contributed by atoms with E-state index in [0.29, 0.717) is 6.61 Å². The number of amides is 2. The van der Waals surface area contributed by atoms with Crippen LogP contribution in [0.25, 0.3) is 0 Å². The van der Waals surface area contributed by atoms with Crippen LogP contribution in [0.1, 0.15) is 6.92 Å². The minimum atomic E-state index is -0.537. The molecule has 6 heteroatoms. The number of piperazine rings is 1. The molecule has 2 amide bonds. The SMILES string of the molecule is CCOC(=O)NCC(=O)N1CCN(C)CC1. The van der Waals surface area contributed by atoms with E-state index in [1.54, 1.807) is 11.8 Å². The average molecular weight is 229 g/mol. The van der Waals surface area contributed by atoms with Gasteiger partial charge in [-0.3, -0.25) is 4.79 Å². The van der Waals surface area contributed by atoms with E-state index in [1.165, 1.54) is 0 Å². The first kappa shape index (κ1) is 12.8. The van der Waals surface area contributed by atoms with Gasteiger partial charge in [0.05, 0.1) is 6.61 Å². The third-order valence-corrected chi connectivity index (χ3v) is 2.52. The zero-order valence-corrected chi connectivity index (χ0v) is 9.86. The van der Waals surface area contributed by atoms with Crippen LogP contribution in [0, 0.1) is 0 Å². The Bertz CT molecular complexity index is 250. The van der Waals surface area contributed by atoms with Gasteiger partial charge in [-0.15, -0.1) is 0 Å². The van der Waals surface area contributed by atoms with Crippen molar-refractivity contribution in [3.63, 3.8) is 0 Å². The summed E-state index contributed by atoms with van der Waals surface area (Å²) in [7, 11) is 2.03. The van der Waals surface area contributed by atoms with E-state index in [2.05, 4.69) is 15.0 Å². The van der Waals surface area contributed by atoms with Crippen LogP contribution in [0.5, 0.6) is 0 Å². The molecule has 1 aliphatic heterocycles. The Morgan fingerprint density at radius 1 is 1.25 bits per heavy atom. The molecule has 0 spiro atoms. The summed E-state index contributed by atoms with van der Waals surface area (Å²) in [6.07, 6.45) is -0.537. The highest BCUT2D eigenvalue weighted by atomic mass is 16.5. The molecule has 1 aliphatic rings. The van der Waals surface area contributed by atoms with Crippen LogP contribution in [-0.4, -0.2) is 68.2 Å². The van der Waals surface area contributed by atoms with Crippen LogP contribution in [0.2, 0.25) is 0 Å². The summed E-state index contributed by atoms with van der Waals surface area (Å²) in [5, 5.41) is 2.43. The van der Waals surface area contributed by atoms with E-state index < -0.39 is 6.09 Å². The number of rotatable bonds is 3. The average Bonchev–Trinajstić information content (AvgIpc) is 2.27. The van der Waals surface area contributed by atoms with Crippen molar-refractivity contribution < 1.29 is 14.3 Å². The molecule has 1 heterocycles. The second-order valence-electron chi connectivity index (χ2n) is 3.76. The Morgan fingerprint density at radius 3 is 2.44 bits per heavy atom. The van der Waals surface area contributed by atoms with Gasteiger partial charge in [-0.2, -0.15) is 0 Å². The molecular formula is C10H19N3O3. The Hall–Kier alpha value is -1.30. The molecule has 0 bridgehead atoms. The quantitative estimate of drug-likeness (QED) is 0.709. The lowest BCUT2D eigenvalue weighted by atomic mass is 10.3. The number of nitrogens with zero attached hydrogens (tertiary/aromatic N) is 2. The predicted molar refractivity (Wildman–Crippen MR) is 59.1 cm³/mol. The van der Waals surface area contributed by atoms with E-state index in [-0.39, 0.29) is 12.5 Å². The van der Waals surface area contributed by atoms with Crippen LogP contribution in [0.15, 0.2) is 0 Å². The van der Waals surface area contributed by atoms with Crippen molar-refractivity contribution in [3.05, 3.63) is 0 Å². The second-order valence-corrected chi connectivity index (χ2v) is 3.76. The zero-order chi connectivity index (χ0) is 12.0. The number of nitrogens with one attached hydrogen (secondary N) is 1. The van der Waals surface area contributed by atoms with Crippen molar-refractivity contribution in [3.8, 4) is 0 Å². The summed E-state index contributed by atoms with van der Waals surface area (Å²) in [6.45, 7) is 5.26. The normalized spacial score (nSPS) is 17.0. The van der Waals surface area contributed by atoms with Gasteiger partial charge < -0.3 is 19.9 Å². The predicted octanol–water partition coefficient (Wildman–Crippen LogP) is -0.493. The first-order chi connectivity index (χ1) is 7.63. The van der Waals surface area contributed by atoms with Gasteiger partial charge in [0.2, 0.25) is 5.91 Å². The van der Waals surface area contributed by atoms with E-state index in [9.17, 15) is 9.59 Å². The lowest BCUT2D eigenvalue weighted by molar-refractivity contribution is -0.131. The summed E-state index contributed by atoms with van der Waals surface area (Å²) in [4.78, 5) is 26.5. The number of carbonyl (C=O) groups is 2. The Morgan fingerprint density at radius 2 is 1.88 bits per heavy atom. The standard InChI is InChI=1S/C10H19N3O3/c1-3-16-10(15)11-8-9(14)13-6-4-12(2)5-7-13/h3-8H2,1-2H3,(H,11,15). The van der Waals surface area contributed by atoms with Gasteiger partial charge in [0, 0.05) is 26.2 Å². The molecule has 1 N–H and O–H groups in total. The molecule has 0 aromatic heterocycles. The van der Waals surface area contributed by atoms with Crippen LogP contribution in [-0.2, 0) is 9.53 Å². The second kappa shape index (κ2) is 6.32. The first-order valence-corrected chi connectivity index (χ1v) is 5.50. The Balaban J connectivity index is 2.22. The fraction of sp³-hybridized carbons (Fsp3) is 0.800. The number of carbonyl (C=O) groups excluding carboxylic acids is 2. The molecule has 0 atom stereocenters. The third-order valence-electron chi connectivity index (χ3n) is 2.52. The first-order valence-electron chi connectivity index (χ1n) is 5.50. The van der Waals surface area contributed by atoms with Gasteiger partial charge >= 0.3 is 6.09 Å². The number of hydrogen-bond donors (Lipinski definition) is 1. The summed E-state index contributed by atoms with van der Waals surface area (Å²) >= 11 is 0. The molecule has 16 heavy (non-hydrogen) atoms. The van der Waals surface area contributed by atoms with E-state index in [0.717, 1.165) is 26.2 Å². The number of alkyl carbamates (subject to hydrolysis) is 1. The summed E-state index contributed by atoms with van der Waals surface area (Å²) in [6, 6.07) is 0. The molecule has 0 saturated carbocycles. The van der Waals surface area contributed by atoms with Gasteiger partial charge in [0.25, 0.3) is 0 Å². The van der Waals surface area contributed by atoms with Gasteiger partial charge in [-0.05, 0) is 14.0 Å². The number of ether oxygens (including phenoxy) is 1. The fourth-order valence-corrected chi connectivity index (χ4v) is 1.50. The maximum atomic E-state index is 11.7. The Kier molecular flexibility index (Phi) is 5.04. The Labute approximate surface area is 95.5 Å². The van der Waals surface area contributed by atoms with Gasteiger partial charge in [-0.25, -0.2) is 4.79 Å².